The van der Waals surface area contributed by atoms with Crippen molar-refractivity contribution in [2.75, 3.05) is 33.4 Å². The summed E-state index contributed by atoms with van der Waals surface area (Å²) >= 11 is 0. The summed E-state index contributed by atoms with van der Waals surface area (Å²) in [6.07, 6.45) is -0.206. The van der Waals surface area contributed by atoms with E-state index in [-0.39, 0.29) is 6.10 Å². The summed E-state index contributed by atoms with van der Waals surface area (Å²) in [6, 6.07) is 9.73. The van der Waals surface area contributed by atoms with Gasteiger partial charge in [-0.2, -0.15) is 0 Å². The van der Waals surface area contributed by atoms with E-state index < -0.39 is 0 Å². The van der Waals surface area contributed by atoms with Gasteiger partial charge in [-0.05, 0) is 22.6 Å². The molecule has 1 atom stereocenters. The highest BCUT2D eigenvalue weighted by Gasteiger charge is 2.27. The van der Waals surface area contributed by atoms with Crippen molar-refractivity contribution >= 4 is 0 Å². The van der Waals surface area contributed by atoms with Crippen LogP contribution in [0.3, 0.4) is 0 Å². The predicted molar refractivity (Wildman–Crippen MR) is 93.4 cm³/mol. The molecule has 1 aliphatic rings. The lowest BCUT2D eigenvalue weighted by Gasteiger charge is -2.31. The first kappa shape index (κ1) is 17.7. The van der Waals surface area contributed by atoms with Gasteiger partial charge in [0, 0.05) is 25.8 Å². The lowest BCUT2D eigenvalue weighted by Crippen LogP contribution is -2.39. The Balaban J connectivity index is 1.41. The van der Waals surface area contributed by atoms with Gasteiger partial charge in [0.05, 0.1) is 26.3 Å². The molecule has 1 aromatic carbocycles. The van der Waals surface area contributed by atoms with Gasteiger partial charge in [0.1, 0.15) is 6.10 Å². The fourth-order valence-corrected chi connectivity index (χ4v) is 2.99. The van der Waals surface area contributed by atoms with Crippen molar-refractivity contribution in [3.63, 3.8) is 0 Å². The third-order valence-corrected chi connectivity index (χ3v) is 4.35. The average molecular weight is 371 g/mol. The number of tetrazole rings is 1. The SMILES string of the molecule is COCCn1nnnc1[C@H]1CN(Cc2nnc(-c3ccccc3)o2)CCO1. The third-order valence-electron chi connectivity index (χ3n) is 4.35. The molecule has 0 amide bonds. The summed E-state index contributed by atoms with van der Waals surface area (Å²) in [4.78, 5) is 2.20. The van der Waals surface area contributed by atoms with Crippen LogP contribution in [-0.2, 0) is 22.6 Å². The molecule has 1 aliphatic heterocycles. The first-order valence-electron chi connectivity index (χ1n) is 8.80. The second kappa shape index (κ2) is 8.33. The number of benzene rings is 1. The topological polar surface area (TPSA) is 104 Å². The zero-order valence-electron chi connectivity index (χ0n) is 15.1. The molecule has 0 N–H and O–H groups in total. The summed E-state index contributed by atoms with van der Waals surface area (Å²) in [7, 11) is 1.65. The third kappa shape index (κ3) is 4.18. The molecule has 0 radical (unpaired) electrons. The molecule has 2 aromatic heterocycles. The van der Waals surface area contributed by atoms with Crippen LogP contribution in [0, 0.1) is 0 Å². The first-order valence-corrected chi connectivity index (χ1v) is 8.80. The van der Waals surface area contributed by atoms with Crippen LogP contribution in [0.1, 0.15) is 17.8 Å². The van der Waals surface area contributed by atoms with Crippen molar-refractivity contribution < 1.29 is 13.9 Å². The number of aromatic nitrogens is 6. The van der Waals surface area contributed by atoms with E-state index in [0.29, 0.717) is 50.5 Å². The van der Waals surface area contributed by atoms with E-state index in [2.05, 4.69) is 30.6 Å². The van der Waals surface area contributed by atoms with Crippen molar-refractivity contribution in [2.24, 2.45) is 0 Å². The molecule has 3 heterocycles. The Labute approximate surface area is 156 Å². The number of nitrogens with zero attached hydrogens (tertiary/aromatic N) is 7. The zero-order chi connectivity index (χ0) is 18.5. The molecule has 0 spiro atoms. The molecule has 3 aromatic rings. The zero-order valence-corrected chi connectivity index (χ0v) is 15.1. The monoisotopic (exact) mass is 371 g/mol. The number of morpholine rings is 1. The van der Waals surface area contributed by atoms with Crippen LogP contribution in [0.25, 0.3) is 11.5 Å². The van der Waals surface area contributed by atoms with Gasteiger partial charge in [-0.15, -0.1) is 15.3 Å². The number of ether oxygens (including phenoxy) is 2. The number of methoxy groups -OCH3 is 1. The fraction of sp³-hybridized carbons (Fsp3) is 0.471. The smallest absolute Gasteiger partial charge is 0.247 e. The van der Waals surface area contributed by atoms with Crippen molar-refractivity contribution in [2.45, 2.75) is 19.2 Å². The van der Waals surface area contributed by atoms with Gasteiger partial charge in [0.25, 0.3) is 0 Å². The second-order valence-electron chi connectivity index (χ2n) is 6.21. The Kier molecular flexibility index (Phi) is 5.47. The fourth-order valence-electron chi connectivity index (χ4n) is 2.99. The van der Waals surface area contributed by atoms with E-state index in [0.717, 1.165) is 12.1 Å². The Morgan fingerprint density at radius 3 is 2.93 bits per heavy atom. The minimum atomic E-state index is -0.206. The molecule has 10 nitrogen and oxygen atoms in total. The summed E-state index contributed by atoms with van der Waals surface area (Å²) in [6.45, 7) is 3.69. The predicted octanol–water partition coefficient (Wildman–Crippen LogP) is 0.943. The highest BCUT2D eigenvalue weighted by molar-refractivity contribution is 5.51. The average Bonchev–Trinajstić information content (AvgIpc) is 3.37. The molecular weight excluding hydrogens is 350 g/mol. The molecular formula is C17H21N7O3. The maximum Gasteiger partial charge on any atom is 0.247 e. The standard InChI is InChI=1S/C17H21N7O3/c1-25-9-8-24-16(19-21-22-24)14-11-23(7-10-26-14)12-15-18-20-17(27-15)13-5-3-2-4-6-13/h2-6,14H,7-12H2,1H3/t14-/m1/s1. The maximum absolute atomic E-state index is 5.87. The van der Waals surface area contributed by atoms with Gasteiger partial charge < -0.3 is 13.9 Å². The van der Waals surface area contributed by atoms with Crippen molar-refractivity contribution in [3.05, 3.63) is 42.0 Å². The molecule has 1 fully saturated rings. The van der Waals surface area contributed by atoms with Crippen LogP contribution in [0.15, 0.2) is 34.7 Å². The van der Waals surface area contributed by atoms with Crippen molar-refractivity contribution in [1.82, 2.24) is 35.3 Å². The molecule has 27 heavy (non-hydrogen) atoms. The Morgan fingerprint density at radius 1 is 1.19 bits per heavy atom. The molecule has 142 valence electrons. The normalized spacial score (nSPS) is 18.0. The molecule has 1 saturated heterocycles. The quantitative estimate of drug-likeness (QED) is 0.600. The van der Waals surface area contributed by atoms with Crippen LogP contribution < -0.4 is 0 Å². The lowest BCUT2D eigenvalue weighted by molar-refractivity contribution is -0.0417. The van der Waals surface area contributed by atoms with Crippen LogP contribution in [0.4, 0.5) is 0 Å². The van der Waals surface area contributed by atoms with E-state index in [9.17, 15) is 0 Å². The van der Waals surface area contributed by atoms with Gasteiger partial charge in [0.15, 0.2) is 5.82 Å². The number of hydrogen-bond acceptors (Lipinski definition) is 9. The molecule has 0 bridgehead atoms. The summed E-state index contributed by atoms with van der Waals surface area (Å²) in [5.41, 5.74) is 0.911. The summed E-state index contributed by atoms with van der Waals surface area (Å²) < 4.78 is 18.5. The molecule has 0 saturated carbocycles. The lowest BCUT2D eigenvalue weighted by atomic mass is 10.2. The molecule has 4 rings (SSSR count). The van der Waals surface area contributed by atoms with Gasteiger partial charge >= 0.3 is 0 Å². The van der Waals surface area contributed by atoms with E-state index in [1.54, 1.807) is 11.8 Å². The van der Waals surface area contributed by atoms with Crippen LogP contribution in [0.5, 0.6) is 0 Å². The molecule has 0 aliphatic carbocycles. The van der Waals surface area contributed by atoms with Crippen LogP contribution in [-0.4, -0.2) is 68.7 Å². The van der Waals surface area contributed by atoms with Gasteiger partial charge in [0.2, 0.25) is 11.8 Å². The largest absolute Gasteiger partial charge is 0.419 e. The Hall–Kier alpha value is -2.69. The first-order chi connectivity index (χ1) is 13.3. The van der Waals surface area contributed by atoms with Gasteiger partial charge in [-0.1, -0.05) is 18.2 Å². The van der Waals surface area contributed by atoms with Crippen LogP contribution >= 0.6 is 0 Å². The van der Waals surface area contributed by atoms with E-state index >= 15 is 0 Å². The highest BCUT2D eigenvalue weighted by atomic mass is 16.5. The van der Waals surface area contributed by atoms with Crippen molar-refractivity contribution in [1.29, 1.82) is 0 Å². The minimum Gasteiger partial charge on any atom is -0.419 e. The Bertz CT molecular complexity index is 851. The second-order valence-corrected chi connectivity index (χ2v) is 6.21. The molecule has 10 heteroatoms. The van der Waals surface area contributed by atoms with Crippen molar-refractivity contribution in [3.8, 4) is 11.5 Å². The van der Waals surface area contributed by atoms with Gasteiger partial charge in [-0.25, -0.2) is 4.68 Å². The highest BCUT2D eigenvalue weighted by Crippen LogP contribution is 2.22. The maximum atomic E-state index is 5.87. The summed E-state index contributed by atoms with van der Waals surface area (Å²) in [5.74, 6) is 1.81. The Morgan fingerprint density at radius 2 is 2.07 bits per heavy atom. The van der Waals surface area contributed by atoms with E-state index in [1.807, 2.05) is 30.3 Å². The van der Waals surface area contributed by atoms with E-state index in [4.69, 9.17) is 13.9 Å². The van der Waals surface area contributed by atoms with Gasteiger partial charge in [-0.3, -0.25) is 4.90 Å². The number of hydrogen-bond donors (Lipinski definition) is 0. The summed E-state index contributed by atoms with van der Waals surface area (Å²) in [5, 5.41) is 20.2. The number of rotatable bonds is 7. The minimum absolute atomic E-state index is 0.206. The molecule has 0 unspecified atom stereocenters. The van der Waals surface area contributed by atoms with Crippen LogP contribution in [0.2, 0.25) is 0 Å². The van der Waals surface area contributed by atoms with E-state index in [1.165, 1.54) is 0 Å².